The van der Waals surface area contributed by atoms with Gasteiger partial charge in [0.2, 0.25) is 0 Å². The second-order valence-corrected chi connectivity index (χ2v) is 7.89. The standard InChI is InChI=1S/C21H26N2O2S/c1-4-5-14-22-20(24)16-10-6-8-12-18(16)23-21(25)17-11-7-9-13-19(17)26-15(2)3/h6-13,15H,4-5,14H2,1-3H3,(H,22,24)(H,23,25). The largest absolute Gasteiger partial charge is 0.352 e. The first kappa shape index (κ1) is 20.0. The van der Waals surface area contributed by atoms with E-state index in [0.717, 1.165) is 17.7 Å². The number of carbonyl (C=O) groups excluding carboxylic acids is 2. The molecule has 0 fully saturated rings. The number of para-hydroxylation sites is 1. The zero-order valence-electron chi connectivity index (χ0n) is 15.5. The van der Waals surface area contributed by atoms with Crippen LogP contribution in [0.2, 0.25) is 0 Å². The Kier molecular flexibility index (Phi) is 7.73. The summed E-state index contributed by atoms with van der Waals surface area (Å²) in [6.07, 6.45) is 1.95. The highest BCUT2D eigenvalue weighted by Gasteiger charge is 2.16. The number of hydrogen-bond acceptors (Lipinski definition) is 3. The summed E-state index contributed by atoms with van der Waals surface area (Å²) < 4.78 is 0. The number of nitrogens with one attached hydrogen (secondary N) is 2. The van der Waals surface area contributed by atoms with Crippen molar-refractivity contribution in [2.75, 3.05) is 11.9 Å². The van der Waals surface area contributed by atoms with Gasteiger partial charge in [0.15, 0.2) is 0 Å². The summed E-state index contributed by atoms with van der Waals surface area (Å²) in [6, 6.07) is 14.6. The van der Waals surface area contributed by atoms with Crippen molar-refractivity contribution in [3.8, 4) is 0 Å². The Morgan fingerprint density at radius 1 is 0.962 bits per heavy atom. The molecule has 138 valence electrons. The average molecular weight is 371 g/mol. The van der Waals surface area contributed by atoms with Crippen LogP contribution in [0.4, 0.5) is 5.69 Å². The predicted molar refractivity (Wildman–Crippen MR) is 109 cm³/mol. The molecular formula is C21H26N2O2S. The van der Waals surface area contributed by atoms with Crippen molar-refractivity contribution in [3.05, 3.63) is 59.7 Å². The summed E-state index contributed by atoms with van der Waals surface area (Å²) in [6.45, 7) is 6.89. The topological polar surface area (TPSA) is 58.2 Å². The fraction of sp³-hybridized carbons (Fsp3) is 0.333. The smallest absolute Gasteiger partial charge is 0.256 e. The van der Waals surface area contributed by atoms with Gasteiger partial charge in [0.05, 0.1) is 16.8 Å². The second-order valence-electron chi connectivity index (χ2n) is 6.27. The van der Waals surface area contributed by atoms with E-state index in [1.54, 1.807) is 30.0 Å². The number of hydrogen-bond donors (Lipinski definition) is 2. The summed E-state index contributed by atoms with van der Waals surface area (Å²) in [5, 5.41) is 6.17. The van der Waals surface area contributed by atoms with E-state index >= 15 is 0 Å². The molecule has 2 aromatic carbocycles. The molecule has 2 aromatic rings. The van der Waals surface area contributed by atoms with E-state index in [9.17, 15) is 9.59 Å². The summed E-state index contributed by atoms with van der Waals surface area (Å²) in [7, 11) is 0. The lowest BCUT2D eigenvalue weighted by Crippen LogP contribution is -2.26. The Morgan fingerprint density at radius 3 is 2.31 bits per heavy atom. The molecule has 0 aromatic heterocycles. The van der Waals surface area contributed by atoms with Gasteiger partial charge in [-0.1, -0.05) is 51.5 Å². The van der Waals surface area contributed by atoms with Crippen LogP contribution >= 0.6 is 11.8 Å². The highest BCUT2D eigenvalue weighted by atomic mass is 32.2. The number of unbranched alkanes of at least 4 members (excludes halogenated alkanes) is 1. The van der Waals surface area contributed by atoms with Crippen LogP contribution in [-0.2, 0) is 0 Å². The fourth-order valence-corrected chi connectivity index (χ4v) is 3.42. The van der Waals surface area contributed by atoms with Crippen LogP contribution < -0.4 is 10.6 Å². The van der Waals surface area contributed by atoms with E-state index in [-0.39, 0.29) is 11.8 Å². The zero-order chi connectivity index (χ0) is 18.9. The molecule has 2 amide bonds. The second kappa shape index (κ2) is 10.0. The summed E-state index contributed by atoms with van der Waals surface area (Å²) in [5.41, 5.74) is 1.62. The van der Waals surface area contributed by atoms with Crippen LogP contribution in [0, 0.1) is 0 Å². The lowest BCUT2D eigenvalue weighted by Gasteiger charge is -2.14. The molecule has 0 bridgehead atoms. The van der Waals surface area contributed by atoms with E-state index in [0.29, 0.717) is 28.6 Å². The first-order chi connectivity index (χ1) is 12.5. The number of anilines is 1. The molecule has 0 spiro atoms. The lowest BCUT2D eigenvalue weighted by molar-refractivity contribution is 0.0954. The number of benzene rings is 2. The summed E-state index contributed by atoms with van der Waals surface area (Å²) in [4.78, 5) is 26.1. The maximum Gasteiger partial charge on any atom is 0.256 e. The first-order valence-electron chi connectivity index (χ1n) is 8.97. The van der Waals surface area contributed by atoms with Crippen LogP contribution in [0.3, 0.4) is 0 Å². The van der Waals surface area contributed by atoms with E-state index in [1.807, 2.05) is 30.3 Å². The van der Waals surface area contributed by atoms with Crippen molar-refractivity contribution in [1.29, 1.82) is 0 Å². The Labute approximate surface area is 159 Å². The Hall–Kier alpha value is -2.27. The predicted octanol–water partition coefficient (Wildman–Crippen LogP) is 4.97. The Balaban J connectivity index is 2.19. The molecule has 0 heterocycles. The van der Waals surface area contributed by atoms with Crippen molar-refractivity contribution < 1.29 is 9.59 Å². The molecular weight excluding hydrogens is 344 g/mol. The third-order valence-electron chi connectivity index (χ3n) is 3.73. The minimum absolute atomic E-state index is 0.167. The monoisotopic (exact) mass is 370 g/mol. The SMILES string of the molecule is CCCCNC(=O)c1ccccc1NC(=O)c1ccccc1SC(C)C. The number of thioether (sulfide) groups is 1. The molecule has 4 nitrogen and oxygen atoms in total. The summed E-state index contributed by atoms with van der Waals surface area (Å²) >= 11 is 1.65. The molecule has 0 aliphatic heterocycles. The quantitative estimate of drug-likeness (QED) is 0.509. The molecule has 26 heavy (non-hydrogen) atoms. The van der Waals surface area contributed by atoms with Crippen LogP contribution in [-0.4, -0.2) is 23.6 Å². The highest BCUT2D eigenvalue weighted by Crippen LogP contribution is 2.27. The first-order valence-corrected chi connectivity index (χ1v) is 9.85. The van der Waals surface area contributed by atoms with Crippen LogP contribution in [0.25, 0.3) is 0 Å². The number of carbonyl (C=O) groups is 2. The number of rotatable bonds is 8. The maximum atomic E-state index is 12.8. The van der Waals surface area contributed by atoms with E-state index < -0.39 is 0 Å². The lowest BCUT2D eigenvalue weighted by atomic mass is 10.1. The fourth-order valence-electron chi connectivity index (χ4n) is 2.46. The van der Waals surface area contributed by atoms with Gasteiger partial charge in [0.1, 0.15) is 0 Å². The van der Waals surface area contributed by atoms with Crippen molar-refractivity contribution in [2.24, 2.45) is 0 Å². The normalized spacial score (nSPS) is 10.6. The van der Waals surface area contributed by atoms with Crippen LogP contribution in [0.15, 0.2) is 53.4 Å². The molecule has 5 heteroatoms. The molecule has 0 aliphatic rings. The average Bonchev–Trinajstić information content (AvgIpc) is 2.62. The molecule has 0 aliphatic carbocycles. The molecule has 2 N–H and O–H groups in total. The molecule has 2 rings (SSSR count). The highest BCUT2D eigenvalue weighted by molar-refractivity contribution is 8.00. The van der Waals surface area contributed by atoms with Gasteiger partial charge in [-0.05, 0) is 30.7 Å². The molecule has 0 saturated carbocycles. The maximum absolute atomic E-state index is 12.8. The van der Waals surface area contributed by atoms with E-state index in [2.05, 4.69) is 31.4 Å². The Bertz CT molecular complexity index is 759. The van der Waals surface area contributed by atoms with Gasteiger partial charge in [0.25, 0.3) is 11.8 Å². The third kappa shape index (κ3) is 5.63. The van der Waals surface area contributed by atoms with Gasteiger partial charge in [-0.2, -0.15) is 0 Å². The molecule has 0 unspecified atom stereocenters. The van der Waals surface area contributed by atoms with Gasteiger partial charge in [0, 0.05) is 16.7 Å². The van der Waals surface area contributed by atoms with Crippen LogP contribution in [0.1, 0.15) is 54.3 Å². The van der Waals surface area contributed by atoms with Gasteiger partial charge in [-0.3, -0.25) is 9.59 Å². The van der Waals surface area contributed by atoms with E-state index in [1.165, 1.54) is 0 Å². The van der Waals surface area contributed by atoms with Gasteiger partial charge >= 0.3 is 0 Å². The molecule has 0 radical (unpaired) electrons. The third-order valence-corrected chi connectivity index (χ3v) is 4.81. The van der Waals surface area contributed by atoms with Gasteiger partial charge < -0.3 is 10.6 Å². The van der Waals surface area contributed by atoms with Crippen molar-refractivity contribution in [3.63, 3.8) is 0 Å². The minimum Gasteiger partial charge on any atom is -0.352 e. The van der Waals surface area contributed by atoms with Crippen molar-refractivity contribution in [1.82, 2.24) is 5.32 Å². The molecule has 0 atom stereocenters. The minimum atomic E-state index is -0.206. The van der Waals surface area contributed by atoms with E-state index in [4.69, 9.17) is 0 Å². The molecule has 0 saturated heterocycles. The van der Waals surface area contributed by atoms with Crippen molar-refractivity contribution in [2.45, 2.75) is 43.8 Å². The number of amides is 2. The van der Waals surface area contributed by atoms with Gasteiger partial charge in [-0.15, -0.1) is 11.8 Å². The summed E-state index contributed by atoms with van der Waals surface area (Å²) in [5.74, 6) is -0.373. The van der Waals surface area contributed by atoms with Crippen LogP contribution in [0.5, 0.6) is 0 Å². The zero-order valence-corrected chi connectivity index (χ0v) is 16.4. The van der Waals surface area contributed by atoms with Gasteiger partial charge in [-0.25, -0.2) is 0 Å². The van der Waals surface area contributed by atoms with Crippen molar-refractivity contribution >= 4 is 29.3 Å². The Morgan fingerprint density at radius 2 is 1.62 bits per heavy atom.